The van der Waals surface area contributed by atoms with Gasteiger partial charge in [0, 0.05) is 24.4 Å². The van der Waals surface area contributed by atoms with Crippen LogP contribution in [0, 0.1) is 0 Å². The summed E-state index contributed by atoms with van der Waals surface area (Å²) in [5, 5.41) is 5.93. The number of hydrogen-bond acceptors (Lipinski definition) is 9. The highest BCUT2D eigenvalue weighted by molar-refractivity contribution is 7.89. The third-order valence-electron chi connectivity index (χ3n) is 6.04. The number of carbonyl (C=O) groups is 2. The number of nitrogens with one attached hydrogen (secondary N) is 2. The average molecular weight is 543 g/mol. The number of aliphatic imine (C=N–C) groups is 1. The van der Waals surface area contributed by atoms with Crippen LogP contribution in [-0.4, -0.2) is 70.5 Å². The maximum Gasteiger partial charge on any atom is 0.343 e. The molecule has 2 aliphatic rings. The summed E-state index contributed by atoms with van der Waals surface area (Å²) in [6.45, 7) is 4.62. The second kappa shape index (κ2) is 11.8. The standard InChI is InChI=1S/C26H30N4O7S/c1-4-18-23(26(32)37-5-2)24(28-20-9-7-6-8-19(20)27-18)29-25(31)17-10-11-21(35-3)22(16-17)38(33,34)30-12-14-36-15-13-30/h6-11,16,27H,4-5,12-15H2,1-3H3,(H,28,29,31). The van der Waals surface area contributed by atoms with Crippen molar-refractivity contribution in [3.63, 3.8) is 0 Å². The van der Waals surface area contributed by atoms with Crippen LogP contribution in [0.2, 0.25) is 0 Å². The molecule has 0 atom stereocenters. The Labute approximate surface area is 221 Å². The van der Waals surface area contributed by atoms with Crippen LogP contribution in [0.25, 0.3) is 0 Å². The molecule has 0 unspecified atom stereocenters. The van der Waals surface area contributed by atoms with Crippen molar-refractivity contribution in [3.05, 3.63) is 59.3 Å². The molecule has 0 spiro atoms. The molecule has 11 nitrogen and oxygen atoms in total. The van der Waals surface area contributed by atoms with Gasteiger partial charge >= 0.3 is 5.97 Å². The van der Waals surface area contributed by atoms with Gasteiger partial charge in [-0.15, -0.1) is 0 Å². The molecule has 0 bridgehead atoms. The molecule has 2 N–H and O–H groups in total. The first-order chi connectivity index (χ1) is 18.3. The van der Waals surface area contributed by atoms with Crippen molar-refractivity contribution in [1.29, 1.82) is 0 Å². The third-order valence-corrected chi connectivity index (χ3v) is 7.96. The fourth-order valence-electron chi connectivity index (χ4n) is 4.13. The van der Waals surface area contributed by atoms with Gasteiger partial charge in [-0.05, 0) is 43.7 Å². The number of amidine groups is 1. The third kappa shape index (κ3) is 5.57. The number of ether oxygens (including phenoxy) is 3. The van der Waals surface area contributed by atoms with Crippen LogP contribution in [-0.2, 0) is 24.3 Å². The van der Waals surface area contributed by atoms with E-state index < -0.39 is 21.9 Å². The number of methoxy groups -OCH3 is 1. The Kier molecular flexibility index (Phi) is 8.45. The summed E-state index contributed by atoms with van der Waals surface area (Å²) in [5.74, 6) is -1.19. The van der Waals surface area contributed by atoms with Crippen LogP contribution in [0.1, 0.15) is 30.6 Å². The van der Waals surface area contributed by atoms with Gasteiger partial charge in [-0.1, -0.05) is 19.1 Å². The number of rotatable bonds is 7. The number of anilines is 1. The number of carbonyl (C=O) groups excluding carboxylic acids is 2. The number of hydrogen-bond donors (Lipinski definition) is 2. The molecule has 202 valence electrons. The van der Waals surface area contributed by atoms with E-state index in [1.54, 1.807) is 19.1 Å². The summed E-state index contributed by atoms with van der Waals surface area (Å²) in [4.78, 5) is 30.9. The molecule has 38 heavy (non-hydrogen) atoms. The number of esters is 1. The molecule has 1 fully saturated rings. The first-order valence-corrected chi connectivity index (χ1v) is 13.7. The Balaban J connectivity index is 1.74. The van der Waals surface area contributed by atoms with E-state index >= 15 is 0 Å². The van der Waals surface area contributed by atoms with Crippen LogP contribution >= 0.6 is 0 Å². The Morgan fingerprint density at radius 1 is 1.13 bits per heavy atom. The Bertz CT molecular complexity index is 1400. The van der Waals surface area contributed by atoms with Gasteiger partial charge in [-0.2, -0.15) is 4.31 Å². The van der Waals surface area contributed by atoms with Crippen LogP contribution in [0.5, 0.6) is 5.75 Å². The predicted molar refractivity (Wildman–Crippen MR) is 141 cm³/mol. The van der Waals surface area contributed by atoms with E-state index in [4.69, 9.17) is 14.2 Å². The Morgan fingerprint density at radius 2 is 1.87 bits per heavy atom. The maximum atomic E-state index is 13.5. The van der Waals surface area contributed by atoms with E-state index in [0.717, 1.165) is 0 Å². The molecule has 2 aliphatic heterocycles. The number of benzene rings is 2. The van der Waals surface area contributed by atoms with Crippen molar-refractivity contribution in [2.45, 2.75) is 25.2 Å². The average Bonchev–Trinajstić information content (AvgIpc) is 3.09. The second-order valence-electron chi connectivity index (χ2n) is 8.37. The number of fused-ring (bicyclic) bond motifs is 1. The van der Waals surface area contributed by atoms with Crippen molar-refractivity contribution in [3.8, 4) is 5.75 Å². The normalized spacial score (nSPS) is 16.0. The van der Waals surface area contributed by atoms with Gasteiger partial charge in [0.15, 0.2) is 0 Å². The van der Waals surface area contributed by atoms with Crippen molar-refractivity contribution >= 4 is 39.1 Å². The largest absolute Gasteiger partial charge is 0.495 e. The SMILES string of the molecule is CCOC(=O)C1=C(CC)Nc2ccccc2N=C1NC(=O)c1ccc(OC)c(S(=O)(=O)N2CCOCC2)c1. The van der Waals surface area contributed by atoms with Gasteiger partial charge in [-0.25, -0.2) is 18.2 Å². The zero-order valence-corrected chi connectivity index (χ0v) is 22.3. The van der Waals surface area contributed by atoms with Crippen LogP contribution in [0.3, 0.4) is 0 Å². The molecule has 2 heterocycles. The number of amides is 1. The van der Waals surface area contributed by atoms with E-state index in [1.807, 2.05) is 19.1 Å². The summed E-state index contributed by atoms with van der Waals surface area (Å²) in [7, 11) is -2.60. The molecule has 0 saturated carbocycles. The molecule has 1 saturated heterocycles. The number of allylic oxidation sites excluding steroid dienone is 1. The van der Waals surface area contributed by atoms with Gasteiger partial charge in [0.05, 0.1) is 38.3 Å². The minimum Gasteiger partial charge on any atom is -0.495 e. The molecule has 0 aromatic heterocycles. The second-order valence-corrected chi connectivity index (χ2v) is 10.3. The predicted octanol–water partition coefficient (Wildman–Crippen LogP) is 2.83. The lowest BCUT2D eigenvalue weighted by atomic mass is 10.1. The minimum atomic E-state index is -3.96. The van der Waals surface area contributed by atoms with Crippen molar-refractivity contribution < 1.29 is 32.2 Å². The van der Waals surface area contributed by atoms with Crippen LogP contribution < -0.4 is 15.4 Å². The first-order valence-electron chi connectivity index (χ1n) is 12.2. The maximum absolute atomic E-state index is 13.5. The smallest absolute Gasteiger partial charge is 0.343 e. The fourth-order valence-corrected chi connectivity index (χ4v) is 5.71. The quantitative estimate of drug-likeness (QED) is 0.510. The highest BCUT2D eigenvalue weighted by Crippen LogP contribution is 2.32. The van der Waals surface area contributed by atoms with Crippen LogP contribution in [0.15, 0.2) is 63.6 Å². The van der Waals surface area contributed by atoms with E-state index in [1.165, 1.54) is 29.6 Å². The van der Waals surface area contributed by atoms with Crippen LogP contribution in [0.4, 0.5) is 11.4 Å². The lowest BCUT2D eigenvalue weighted by Crippen LogP contribution is -2.41. The highest BCUT2D eigenvalue weighted by Gasteiger charge is 2.31. The lowest BCUT2D eigenvalue weighted by Gasteiger charge is -2.26. The topological polar surface area (TPSA) is 136 Å². The molecule has 2 aromatic carbocycles. The van der Waals surface area contributed by atoms with E-state index in [0.29, 0.717) is 23.5 Å². The van der Waals surface area contributed by atoms with Crippen molar-refractivity contribution in [2.24, 2.45) is 4.99 Å². The number of morpholine rings is 1. The van der Waals surface area contributed by atoms with E-state index in [2.05, 4.69) is 15.6 Å². The molecule has 2 aromatic rings. The summed E-state index contributed by atoms with van der Waals surface area (Å²) in [5.41, 5.74) is 1.84. The fraction of sp³-hybridized carbons (Fsp3) is 0.346. The zero-order valence-electron chi connectivity index (χ0n) is 21.4. The summed E-state index contributed by atoms with van der Waals surface area (Å²) < 4.78 is 43.9. The molecule has 12 heteroatoms. The highest BCUT2D eigenvalue weighted by atomic mass is 32.2. The summed E-state index contributed by atoms with van der Waals surface area (Å²) >= 11 is 0. The van der Waals surface area contributed by atoms with Gasteiger partial charge in [0.2, 0.25) is 10.0 Å². The van der Waals surface area contributed by atoms with Gasteiger partial charge < -0.3 is 24.8 Å². The minimum absolute atomic E-state index is 0.00356. The zero-order chi connectivity index (χ0) is 27.3. The Morgan fingerprint density at radius 3 is 2.55 bits per heavy atom. The molecular weight excluding hydrogens is 512 g/mol. The summed E-state index contributed by atoms with van der Waals surface area (Å²) in [6, 6.07) is 11.3. The monoisotopic (exact) mass is 542 g/mol. The molecule has 1 amide bonds. The number of sulfonamides is 1. The molecule has 4 rings (SSSR count). The Hall–Kier alpha value is -3.74. The molecular formula is C26H30N4O7S. The van der Waals surface area contributed by atoms with Gasteiger partial charge in [-0.3, -0.25) is 4.79 Å². The number of nitrogens with zero attached hydrogens (tertiary/aromatic N) is 2. The van der Waals surface area contributed by atoms with E-state index in [-0.39, 0.29) is 60.5 Å². The molecule has 0 radical (unpaired) electrons. The van der Waals surface area contributed by atoms with E-state index in [9.17, 15) is 18.0 Å². The summed E-state index contributed by atoms with van der Waals surface area (Å²) in [6.07, 6.45) is 0.432. The first kappa shape index (κ1) is 27.3. The lowest BCUT2D eigenvalue weighted by molar-refractivity contribution is -0.137. The number of para-hydroxylation sites is 2. The van der Waals surface area contributed by atoms with Gasteiger partial charge in [0.1, 0.15) is 22.1 Å². The van der Waals surface area contributed by atoms with Gasteiger partial charge in [0.25, 0.3) is 5.91 Å². The van der Waals surface area contributed by atoms with Crippen molar-refractivity contribution in [1.82, 2.24) is 9.62 Å². The molecule has 0 aliphatic carbocycles. The van der Waals surface area contributed by atoms with Crippen molar-refractivity contribution in [2.75, 3.05) is 45.3 Å².